The van der Waals surface area contributed by atoms with E-state index in [0.29, 0.717) is 30.9 Å². The second-order valence-electron chi connectivity index (χ2n) is 7.44. The summed E-state index contributed by atoms with van der Waals surface area (Å²) in [5.41, 5.74) is 2.48. The van der Waals surface area contributed by atoms with Crippen LogP contribution in [0, 0.1) is 12.8 Å². The predicted molar refractivity (Wildman–Crippen MR) is 95.6 cm³/mol. The SMILES string of the molecule is Cc1ccc(CN2CCC(N3CCC(CO)CC3)CCC2=O)cc1. The fourth-order valence-corrected chi connectivity index (χ4v) is 3.97. The number of amides is 1. The second-order valence-corrected chi connectivity index (χ2v) is 7.44. The van der Waals surface area contributed by atoms with Crippen molar-refractivity contribution in [1.29, 1.82) is 0 Å². The molecular formula is C20H30N2O2. The van der Waals surface area contributed by atoms with Crippen molar-refractivity contribution >= 4 is 5.91 Å². The minimum atomic E-state index is 0.295. The lowest BCUT2D eigenvalue weighted by Gasteiger charge is -2.36. The molecule has 1 N–H and O–H groups in total. The molecule has 2 fully saturated rings. The number of rotatable bonds is 4. The summed E-state index contributed by atoms with van der Waals surface area (Å²) in [6.07, 6.45) is 4.90. The summed E-state index contributed by atoms with van der Waals surface area (Å²) in [4.78, 5) is 17.1. The van der Waals surface area contributed by atoms with E-state index in [4.69, 9.17) is 0 Å². The van der Waals surface area contributed by atoms with Gasteiger partial charge in [0.2, 0.25) is 5.91 Å². The number of aliphatic hydroxyl groups is 1. The molecule has 3 rings (SSSR count). The predicted octanol–water partition coefficient (Wildman–Crippen LogP) is 2.58. The third-order valence-electron chi connectivity index (χ3n) is 5.69. The van der Waals surface area contributed by atoms with Crippen molar-refractivity contribution in [2.24, 2.45) is 5.92 Å². The molecular weight excluding hydrogens is 300 g/mol. The Hall–Kier alpha value is -1.39. The van der Waals surface area contributed by atoms with Crippen molar-refractivity contribution in [2.75, 3.05) is 26.2 Å². The molecule has 4 heteroatoms. The molecule has 24 heavy (non-hydrogen) atoms. The molecule has 132 valence electrons. The van der Waals surface area contributed by atoms with Crippen LogP contribution in [0.3, 0.4) is 0 Å². The Kier molecular flexibility index (Phi) is 5.90. The highest BCUT2D eigenvalue weighted by Gasteiger charge is 2.29. The summed E-state index contributed by atoms with van der Waals surface area (Å²) in [7, 11) is 0. The molecule has 4 nitrogen and oxygen atoms in total. The van der Waals surface area contributed by atoms with Crippen LogP contribution in [-0.2, 0) is 11.3 Å². The molecule has 1 atom stereocenters. The first-order valence-electron chi connectivity index (χ1n) is 9.34. The maximum Gasteiger partial charge on any atom is 0.222 e. The van der Waals surface area contributed by atoms with Crippen LogP contribution in [0.1, 0.15) is 43.2 Å². The number of likely N-dealkylation sites (tertiary alicyclic amines) is 2. The van der Waals surface area contributed by atoms with Gasteiger partial charge in [0.15, 0.2) is 0 Å². The van der Waals surface area contributed by atoms with Crippen LogP contribution >= 0.6 is 0 Å². The summed E-state index contributed by atoms with van der Waals surface area (Å²) in [5, 5.41) is 9.29. The highest BCUT2D eigenvalue weighted by atomic mass is 16.3. The largest absolute Gasteiger partial charge is 0.396 e. The first kappa shape index (κ1) is 17.4. The van der Waals surface area contributed by atoms with Gasteiger partial charge in [-0.15, -0.1) is 0 Å². The van der Waals surface area contributed by atoms with Crippen LogP contribution in [0.25, 0.3) is 0 Å². The van der Waals surface area contributed by atoms with Crippen LogP contribution in [0.4, 0.5) is 0 Å². The van der Waals surface area contributed by atoms with E-state index in [2.05, 4.69) is 36.1 Å². The molecule has 2 saturated heterocycles. The van der Waals surface area contributed by atoms with E-state index in [1.165, 1.54) is 11.1 Å². The van der Waals surface area contributed by atoms with Gasteiger partial charge in [-0.1, -0.05) is 29.8 Å². The van der Waals surface area contributed by atoms with Crippen LogP contribution < -0.4 is 0 Å². The van der Waals surface area contributed by atoms with Crippen molar-refractivity contribution in [3.05, 3.63) is 35.4 Å². The summed E-state index contributed by atoms with van der Waals surface area (Å²) in [6.45, 7) is 6.15. The molecule has 0 saturated carbocycles. The third-order valence-corrected chi connectivity index (χ3v) is 5.69. The first-order chi connectivity index (χ1) is 11.7. The zero-order valence-corrected chi connectivity index (χ0v) is 14.8. The van der Waals surface area contributed by atoms with Crippen molar-refractivity contribution < 1.29 is 9.90 Å². The van der Waals surface area contributed by atoms with Gasteiger partial charge in [0.1, 0.15) is 0 Å². The standard InChI is InChI=1S/C20H30N2O2/c1-16-2-4-17(5-3-16)14-22-13-10-19(6-7-20(22)24)21-11-8-18(15-23)9-12-21/h2-5,18-19,23H,6-15H2,1H3. The molecule has 0 bridgehead atoms. The molecule has 0 aliphatic carbocycles. The van der Waals surface area contributed by atoms with Gasteiger partial charge >= 0.3 is 0 Å². The van der Waals surface area contributed by atoms with Gasteiger partial charge in [-0.05, 0) is 57.2 Å². The van der Waals surface area contributed by atoms with Crippen molar-refractivity contribution in [2.45, 2.75) is 51.6 Å². The smallest absolute Gasteiger partial charge is 0.222 e. The normalized spacial score (nSPS) is 24.2. The number of aliphatic hydroxyl groups excluding tert-OH is 1. The van der Waals surface area contributed by atoms with Gasteiger partial charge < -0.3 is 14.9 Å². The van der Waals surface area contributed by atoms with Crippen molar-refractivity contribution in [3.63, 3.8) is 0 Å². The van der Waals surface area contributed by atoms with E-state index in [0.717, 1.165) is 51.9 Å². The Bertz CT molecular complexity index is 535. The molecule has 2 aliphatic rings. The Balaban J connectivity index is 1.55. The van der Waals surface area contributed by atoms with Crippen LogP contribution in [0.5, 0.6) is 0 Å². The Morgan fingerprint density at radius 3 is 2.42 bits per heavy atom. The summed E-state index contributed by atoms with van der Waals surface area (Å²) < 4.78 is 0. The van der Waals surface area contributed by atoms with Gasteiger partial charge in [0.05, 0.1) is 0 Å². The molecule has 1 amide bonds. The quantitative estimate of drug-likeness (QED) is 0.923. The van der Waals surface area contributed by atoms with E-state index in [9.17, 15) is 9.90 Å². The van der Waals surface area contributed by atoms with E-state index in [1.807, 2.05) is 4.90 Å². The van der Waals surface area contributed by atoms with Gasteiger partial charge in [-0.3, -0.25) is 4.79 Å². The Morgan fingerprint density at radius 2 is 1.75 bits per heavy atom. The number of hydrogen-bond acceptors (Lipinski definition) is 3. The lowest BCUT2D eigenvalue weighted by Crippen LogP contribution is -2.42. The molecule has 2 aliphatic heterocycles. The van der Waals surface area contributed by atoms with Gasteiger partial charge in [-0.2, -0.15) is 0 Å². The summed E-state index contributed by atoms with van der Waals surface area (Å²) >= 11 is 0. The number of nitrogens with zero attached hydrogens (tertiary/aromatic N) is 2. The topological polar surface area (TPSA) is 43.8 Å². The Labute approximate surface area is 145 Å². The number of benzene rings is 1. The van der Waals surface area contributed by atoms with Gasteiger partial charge in [0, 0.05) is 32.2 Å². The van der Waals surface area contributed by atoms with E-state index in [-0.39, 0.29) is 0 Å². The highest BCUT2D eigenvalue weighted by Crippen LogP contribution is 2.24. The van der Waals surface area contributed by atoms with E-state index >= 15 is 0 Å². The Morgan fingerprint density at radius 1 is 1.04 bits per heavy atom. The molecule has 1 unspecified atom stereocenters. The lowest BCUT2D eigenvalue weighted by molar-refractivity contribution is -0.131. The number of aryl methyl sites for hydroxylation is 1. The monoisotopic (exact) mass is 330 g/mol. The minimum absolute atomic E-state index is 0.295. The highest BCUT2D eigenvalue weighted by molar-refractivity contribution is 5.76. The molecule has 1 aromatic rings. The fraction of sp³-hybridized carbons (Fsp3) is 0.650. The summed E-state index contributed by atoms with van der Waals surface area (Å²) in [6, 6.07) is 9.02. The lowest BCUT2D eigenvalue weighted by atomic mass is 9.95. The zero-order valence-electron chi connectivity index (χ0n) is 14.8. The van der Waals surface area contributed by atoms with E-state index < -0.39 is 0 Å². The van der Waals surface area contributed by atoms with Crippen molar-refractivity contribution in [3.8, 4) is 0 Å². The minimum Gasteiger partial charge on any atom is -0.396 e. The first-order valence-corrected chi connectivity index (χ1v) is 9.34. The van der Waals surface area contributed by atoms with Gasteiger partial charge in [-0.25, -0.2) is 0 Å². The fourth-order valence-electron chi connectivity index (χ4n) is 3.97. The number of carbonyl (C=O) groups is 1. The van der Waals surface area contributed by atoms with Crippen molar-refractivity contribution in [1.82, 2.24) is 9.80 Å². The van der Waals surface area contributed by atoms with Crippen LogP contribution in [-0.4, -0.2) is 53.1 Å². The molecule has 0 aromatic heterocycles. The zero-order chi connectivity index (χ0) is 16.9. The molecule has 0 radical (unpaired) electrons. The van der Waals surface area contributed by atoms with Gasteiger partial charge in [0.25, 0.3) is 0 Å². The maximum absolute atomic E-state index is 12.5. The maximum atomic E-state index is 12.5. The number of piperidine rings is 1. The second kappa shape index (κ2) is 8.13. The molecule has 1 aromatic carbocycles. The average molecular weight is 330 g/mol. The molecule has 2 heterocycles. The van der Waals surface area contributed by atoms with Crippen LogP contribution in [0.2, 0.25) is 0 Å². The average Bonchev–Trinajstić information content (AvgIpc) is 2.79. The van der Waals surface area contributed by atoms with E-state index in [1.54, 1.807) is 0 Å². The third kappa shape index (κ3) is 4.37. The number of carbonyl (C=O) groups excluding carboxylic acids is 1. The number of hydrogen-bond donors (Lipinski definition) is 1. The summed E-state index contributed by atoms with van der Waals surface area (Å²) in [5.74, 6) is 0.773. The van der Waals surface area contributed by atoms with Crippen LogP contribution in [0.15, 0.2) is 24.3 Å². The molecule has 0 spiro atoms.